The summed E-state index contributed by atoms with van der Waals surface area (Å²) in [6, 6.07) is 7.65. The Kier molecular flexibility index (Phi) is 6.87. The number of sulfonamides is 1. The summed E-state index contributed by atoms with van der Waals surface area (Å²) in [6.07, 6.45) is 0. The fourth-order valence-corrected chi connectivity index (χ4v) is 3.38. The number of hydrogen-bond acceptors (Lipinski definition) is 4. The number of halogens is 2. The van der Waals surface area contributed by atoms with E-state index >= 15 is 0 Å². The molecule has 0 aliphatic carbocycles. The normalized spacial score (nSPS) is 12.8. The molecule has 2 aromatic rings. The van der Waals surface area contributed by atoms with Crippen LogP contribution >= 0.6 is 0 Å². The molecule has 0 aromatic heterocycles. The maximum Gasteiger partial charge on any atom is 0.242 e. The van der Waals surface area contributed by atoms with Gasteiger partial charge in [0, 0.05) is 25.8 Å². The molecule has 0 heterocycles. The van der Waals surface area contributed by atoms with E-state index in [1.807, 2.05) is 0 Å². The van der Waals surface area contributed by atoms with Crippen LogP contribution < -0.4 is 10.6 Å². The number of aryl methyl sites for hydroxylation is 1. The van der Waals surface area contributed by atoms with Gasteiger partial charge in [-0.3, -0.25) is 4.79 Å². The molecule has 0 spiro atoms. The molecule has 0 aliphatic rings. The van der Waals surface area contributed by atoms with E-state index in [1.165, 1.54) is 32.3 Å². The van der Waals surface area contributed by atoms with Gasteiger partial charge >= 0.3 is 0 Å². The SMILES string of the molecule is Cc1ccc(S(=O)(=O)N(C)C)cc1NC(=O)CNC(C)c1ccc(F)c(F)c1. The minimum Gasteiger partial charge on any atom is -0.325 e. The van der Waals surface area contributed by atoms with Gasteiger partial charge in [-0.05, 0) is 49.2 Å². The lowest BCUT2D eigenvalue weighted by atomic mass is 10.1. The second kappa shape index (κ2) is 8.76. The van der Waals surface area contributed by atoms with Crippen molar-refractivity contribution in [2.75, 3.05) is 26.0 Å². The van der Waals surface area contributed by atoms with Gasteiger partial charge in [-0.2, -0.15) is 0 Å². The first-order chi connectivity index (χ1) is 13.0. The van der Waals surface area contributed by atoms with Crippen molar-refractivity contribution in [3.05, 3.63) is 59.2 Å². The fourth-order valence-electron chi connectivity index (χ4n) is 2.45. The zero-order valence-corrected chi connectivity index (χ0v) is 16.9. The van der Waals surface area contributed by atoms with Crippen LogP contribution in [0.4, 0.5) is 14.5 Å². The van der Waals surface area contributed by atoms with E-state index < -0.39 is 27.6 Å². The van der Waals surface area contributed by atoms with Crippen molar-refractivity contribution in [3.63, 3.8) is 0 Å². The Labute approximate surface area is 163 Å². The van der Waals surface area contributed by atoms with Crippen molar-refractivity contribution in [1.82, 2.24) is 9.62 Å². The van der Waals surface area contributed by atoms with Crippen molar-refractivity contribution in [3.8, 4) is 0 Å². The molecule has 1 amide bonds. The number of hydrogen-bond donors (Lipinski definition) is 2. The number of anilines is 1. The molecule has 1 unspecified atom stereocenters. The second-order valence-electron chi connectivity index (χ2n) is 6.59. The topological polar surface area (TPSA) is 78.5 Å². The first-order valence-electron chi connectivity index (χ1n) is 8.53. The van der Waals surface area contributed by atoms with Gasteiger partial charge in [0.1, 0.15) is 0 Å². The van der Waals surface area contributed by atoms with Gasteiger partial charge in [0.05, 0.1) is 11.4 Å². The highest BCUT2D eigenvalue weighted by Gasteiger charge is 2.19. The van der Waals surface area contributed by atoms with Crippen molar-refractivity contribution in [1.29, 1.82) is 0 Å². The number of carbonyl (C=O) groups excluding carboxylic acids is 1. The highest BCUT2D eigenvalue weighted by molar-refractivity contribution is 7.89. The smallest absolute Gasteiger partial charge is 0.242 e. The summed E-state index contributed by atoms with van der Waals surface area (Å²) >= 11 is 0. The Morgan fingerprint density at radius 1 is 1.11 bits per heavy atom. The minimum atomic E-state index is -3.62. The maximum absolute atomic E-state index is 13.3. The Hall–Kier alpha value is -2.36. The summed E-state index contributed by atoms with van der Waals surface area (Å²) in [6.45, 7) is 3.37. The highest BCUT2D eigenvalue weighted by Crippen LogP contribution is 2.22. The number of nitrogens with zero attached hydrogens (tertiary/aromatic N) is 1. The molecule has 0 radical (unpaired) electrons. The highest BCUT2D eigenvalue weighted by atomic mass is 32.2. The lowest BCUT2D eigenvalue weighted by Crippen LogP contribution is -2.30. The number of amides is 1. The van der Waals surface area contributed by atoms with E-state index in [2.05, 4.69) is 10.6 Å². The summed E-state index contributed by atoms with van der Waals surface area (Å²) in [5.74, 6) is -2.28. The van der Waals surface area contributed by atoms with Crippen LogP contribution in [-0.4, -0.2) is 39.3 Å². The summed E-state index contributed by atoms with van der Waals surface area (Å²) in [5, 5.41) is 5.59. The zero-order valence-electron chi connectivity index (χ0n) is 16.1. The standard InChI is InChI=1S/C19H23F2N3O3S/c1-12-5-7-15(28(26,27)24(3)4)10-18(12)23-19(25)11-22-13(2)14-6-8-16(20)17(21)9-14/h5-10,13,22H,11H2,1-4H3,(H,23,25). The third-order valence-corrected chi connectivity index (χ3v) is 6.09. The Morgan fingerprint density at radius 3 is 2.39 bits per heavy atom. The molecule has 6 nitrogen and oxygen atoms in total. The molecule has 0 bridgehead atoms. The van der Waals surface area contributed by atoms with E-state index in [-0.39, 0.29) is 17.5 Å². The first kappa shape index (κ1) is 21.9. The number of carbonyl (C=O) groups is 1. The van der Waals surface area contributed by atoms with Crippen LogP contribution in [0.2, 0.25) is 0 Å². The van der Waals surface area contributed by atoms with Crippen molar-refractivity contribution >= 4 is 21.6 Å². The molecule has 2 N–H and O–H groups in total. The molecule has 2 rings (SSSR count). The van der Waals surface area contributed by atoms with Crippen LogP contribution in [0.15, 0.2) is 41.3 Å². The molecule has 0 saturated carbocycles. The predicted octanol–water partition coefficient (Wildman–Crippen LogP) is 2.81. The summed E-state index contributed by atoms with van der Waals surface area (Å²) in [4.78, 5) is 12.3. The molecule has 0 fully saturated rings. The third kappa shape index (κ3) is 5.12. The zero-order chi connectivity index (χ0) is 21.1. The molecule has 152 valence electrons. The van der Waals surface area contributed by atoms with Crippen LogP contribution in [0.3, 0.4) is 0 Å². The lowest BCUT2D eigenvalue weighted by molar-refractivity contribution is -0.115. The quantitative estimate of drug-likeness (QED) is 0.735. The third-order valence-electron chi connectivity index (χ3n) is 4.27. The van der Waals surface area contributed by atoms with Gasteiger partial charge in [0.15, 0.2) is 11.6 Å². The molecule has 9 heteroatoms. The molecule has 28 heavy (non-hydrogen) atoms. The van der Waals surface area contributed by atoms with Crippen molar-refractivity contribution in [2.45, 2.75) is 24.8 Å². The molecule has 1 atom stereocenters. The van der Waals surface area contributed by atoms with Gasteiger partial charge in [-0.1, -0.05) is 12.1 Å². The largest absolute Gasteiger partial charge is 0.325 e. The second-order valence-corrected chi connectivity index (χ2v) is 8.74. The van der Waals surface area contributed by atoms with E-state index in [4.69, 9.17) is 0 Å². The fraction of sp³-hybridized carbons (Fsp3) is 0.316. The number of benzene rings is 2. The lowest BCUT2D eigenvalue weighted by Gasteiger charge is -2.16. The van der Waals surface area contributed by atoms with E-state index in [1.54, 1.807) is 19.9 Å². The monoisotopic (exact) mass is 411 g/mol. The first-order valence-corrected chi connectivity index (χ1v) is 9.97. The Balaban J connectivity index is 2.05. The van der Waals surface area contributed by atoms with E-state index in [9.17, 15) is 22.0 Å². The van der Waals surface area contributed by atoms with Gasteiger partial charge in [-0.15, -0.1) is 0 Å². The summed E-state index contributed by atoms with van der Waals surface area (Å²) < 4.78 is 51.9. The summed E-state index contributed by atoms with van der Waals surface area (Å²) in [7, 11) is -0.766. The number of rotatable bonds is 7. The van der Waals surface area contributed by atoms with Crippen molar-refractivity contribution < 1.29 is 22.0 Å². The summed E-state index contributed by atoms with van der Waals surface area (Å²) in [5.41, 5.74) is 1.59. The van der Waals surface area contributed by atoms with E-state index in [0.29, 0.717) is 16.8 Å². The van der Waals surface area contributed by atoms with Gasteiger partial charge in [-0.25, -0.2) is 21.5 Å². The molecule has 0 aliphatic heterocycles. The minimum absolute atomic E-state index is 0.0708. The molecule has 0 saturated heterocycles. The van der Waals surface area contributed by atoms with Gasteiger partial charge in [0.25, 0.3) is 0 Å². The maximum atomic E-state index is 13.3. The van der Waals surface area contributed by atoms with Crippen molar-refractivity contribution in [2.24, 2.45) is 0 Å². The Bertz CT molecular complexity index is 978. The Morgan fingerprint density at radius 2 is 1.79 bits per heavy atom. The molecular formula is C19H23F2N3O3S. The molecule has 2 aromatic carbocycles. The van der Waals surface area contributed by atoms with Gasteiger partial charge < -0.3 is 10.6 Å². The van der Waals surface area contributed by atoms with Gasteiger partial charge in [0.2, 0.25) is 15.9 Å². The van der Waals surface area contributed by atoms with Crippen LogP contribution in [0.1, 0.15) is 24.1 Å². The van der Waals surface area contributed by atoms with Crippen LogP contribution in [0, 0.1) is 18.6 Å². The average Bonchev–Trinajstić information content (AvgIpc) is 2.63. The van der Waals surface area contributed by atoms with Crippen LogP contribution in [-0.2, 0) is 14.8 Å². The van der Waals surface area contributed by atoms with Crippen LogP contribution in [0.5, 0.6) is 0 Å². The average molecular weight is 411 g/mol. The van der Waals surface area contributed by atoms with Crippen LogP contribution in [0.25, 0.3) is 0 Å². The van der Waals surface area contributed by atoms with E-state index in [0.717, 1.165) is 16.4 Å². The molecular weight excluding hydrogens is 388 g/mol. The predicted molar refractivity (Wildman–Crippen MR) is 103 cm³/mol. The number of nitrogens with one attached hydrogen (secondary N) is 2.